The Hall–Kier alpha value is -2.58. The molecule has 2 fully saturated rings. The lowest BCUT2D eigenvalue weighted by Gasteiger charge is -2.31. The number of rotatable bonds is 9. The fraction of sp³-hybridized carbons (Fsp3) is 0.643. The molecule has 0 aromatic carbocycles. The maximum Gasteiger partial charge on any atom is 0.274 e. The molecule has 36 heavy (non-hydrogen) atoms. The molecule has 1 saturated heterocycles. The standard InChI is InChI=1S/C28H43N5O3/c1-18(2)29-24-14-20(16-32(28(24)34)21-10-12-22(35-5)13-11-21)25-15-23(36-6)17-33(25)27-9-7-8-26(31-27)30-19(3)4/h7-9,14,16,18-19,21-23,25,29H,10-13,15,17H2,1-6H3,(H,30,31)/t21?,22?,23-,25?/m0/s1. The Morgan fingerprint density at radius 2 is 1.67 bits per heavy atom. The SMILES string of the molecule is COC1CCC(n2cc(C3C[C@H](OC)CN3c3cccc(NC(C)C)n3)cc(NC(C)C)c2=O)CC1. The third-order valence-electron chi connectivity index (χ3n) is 7.32. The van der Waals surface area contributed by atoms with E-state index < -0.39 is 0 Å². The Labute approximate surface area is 215 Å². The topological polar surface area (TPSA) is 80.7 Å². The Morgan fingerprint density at radius 1 is 0.972 bits per heavy atom. The van der Waals surface area contributed by atoms with Crippen molar-refractivity contribution in [3.63, 3.8) is 0 Å². The van der Waals surface area contributed by atoms with Gasteiger partial charge in [0.1, 0.15) is 17.3 Å². The second-order valence-corrected chi connectivity index (χ2v) is 10.8. The normalized spacial score (nSPS) is 24.5. The predicted molar refractivity (Wildman–Crippen MR) is 146 cm³/mol. The summed E-state index contributed by atoms with van der Waals surface area (Å²) in [4.78, 5) is 20.8. The van der Waals surface area contributed by atoms with Crippen LogP contribution in [0.15, 0.2) is 35.3 Å². The van der Waals surface area contributed by atoms with Crippen molar-refractivity contribution < 1.29 is 9.47 Å². The van der Waals surface area contributed by atoms with Crippen LogP contribution in [0.25, 0.3) is 0 Å². The van der Waals surface area contributed by atoms with E-state index in [0.717, 1.165) is 55.8 Å². The molecule has 1 saturated carbocycles. The number of aromatic nitrogens is 2. The Kier molecular flexibility index (Phi) is 8.57. The highest BCUT2D eigenvalue weighted by Crippen LogP contribution is 2.38. The molecule has 8 heteroatoms. The molecule has 1 aliphatic heterocycles. The fourth-order valence-corrected chi connectivity index (χ4v) is 5.55. The van der Waals surface area contributed by atoms with E-state index in [4.69, 9.17) is 14.5 Å². The van der Waals surface area contributed by atoms with Crippen molar-refractivity contribution in [3.8, 4) is 0 Å². The van der Waals surface area contributed by atoms with Gasteiger partial charge in [0.2, 0.25) is 0 Å². The van der Waals surface area contributed by atoms with Crippen molar-refractivity contribution in [2.75, 3.05) is 36.3 Å². The highest BCUT2D eigenvalue weighted by atomic mass is 16.5. The van der Waals surface area contributed by atoms with E-state index in [0.29, 0.717) is 17.8 Å². The summed E-state index contributed by atoms with van der Waals surface area (Å²) in [7, 11) is 3.55. The molecule has 2 aliphatic rings. The van der Waals surface area contributed by atoms with Gasteiger partial charge in [-0.25, -0.2) is 4.98 Å². The number of pyridine rings is 2. The number of hydrogen-bond acceptors (Lipinski definition) is 7. The van der Waals surface area contributed by atoms with Crippen LogP contribution in [0.5, 0.6) is 0 Å². The number of nitrogens with zero attached hydrogens (tertiary/aromatic N) is 3. The molecule has 198 valence electrons. The zero-order valence-electron chi connectivity index (χ0n) is 22.7. The summed E-state index contributed by atoms with van der Waals surface area (Å²) in [5, 5.41) is 6.83. The Morgan fingerprint density at radius 3 is 2.31 bits per heavy atom. The van der Waals surface area contributed by atoms with Gasteiger partial charge in [-0.05, 0) is 83.6 Å². The molecular weight excluding hydrogens is 454 g/mol. The van der Waals surface area contributed by atoms with Crippen LogP contribution in [-0.2, 0) is 9.47 Å². The van der Waals surface area contributed by atoms with Gasteiger partial charge in [0.05, 0.1) is 18.2 Å². The lowest BCUT2D eigenvalue weighted by Crippen LogP contribution is -2.33. The minimum atomic E-state index is 0.0578. The average Bonchev–Trinajstić information content (AvgIpc) is 3.30. The van der Waals surface area contributed by atoms with E-state index in [2.05, 4.69) is 55.5 Å². The van der Waals surface area contributed by atoms with Gasteiger partial charge in [-0.2, -0.15) is 0 Å². The summed E-state index contributed by atoms with van der Waals surface area (Å²) in [6.45, 7) is 9.12. The van der Waals surface area contributed by atoms with E-state index in [1.165, 1.54) is 0 Å². The number of hydrogen-bond donors (Lipinski definition) is 2. The van der Waals surface area contributed by atoms with Crippen LogP contribution in [-0.4, -0.2) is 54.6 Å². The minimum absolute atomic E-state index is 0.0578. The van der Waals surface area contributed by atoms with Crippen LogP contribution in [0, 0.1) is 0 Å². The quantitative estimate of drug-likeness (QED) is 0.506. The van der Waals surface area contributed by atoms with Gasteiger partial charge in [0.15, 0.2) is 0 Å². The van der Waals surface area contributed by atoms with Crippen molar-refractivity contribution >= 4 is 17.3 Å². The molecule has 2 aromatic heterocycles. The van der Waals surface area contributed by atoms with Crippen LogP contribution >= 0.6 is 0 Å². The summed E-state index contributed by atoms with van der Waals surface area (Å²) >= 11 is 0. The maximum atomic E-state index is 13.6. The first kappa shape index (κ1) is 26.5. The summed E-state index contributed by atoms with van der Waals surface area (Å²) in [5.41, 5.74) is 1.85. The van der Waals surface area contributed by atoms with Gasteiger partial charge < -0.3 is 29.6 Å². The maximum absolute atomic E-state index is 13.6. The van der Waals surface area contributed by atoms with Crippen LogP contribution in [0.4, 0.5) is 17.3 Å². The third-order valence-corrected chi connectivity index (χ3v) is 7.32. The van der Waals surface area contributed by atoms with Crippen molar-refractivity contribution in [1.82, 2.24) is 9.55 Å². The summed E-state index contributed by atoms with van der Waals surface area (Å²) < 4.78 is 13.4. The molecule has 0 radical (unpaired) electrons. The van der Waals surface area contributed by atoms with Crippen LogP contribution < -0.4 is 21.1 Å². The minimum Gasteiger partial charge on any atom is -0.381 e. The van der Waals surface area contributed by atoms with Gasteiger partial charge in [-0.15, -0.1) is 0 Å². The number of nitrogens with one attached hydrogen (secondary N) is 2. The highest BCUT2D eigenvalue weighted by molar-refractivity contribution is 5.52. The molecule has 0 amide bonds. The van der Waals surface area contributed by atoms with Crippen molar-refractivity contribution in [1.29, 1.82) is 0 Å². The first-order valence-corrected chi connectivity index (χ1v) is 13.4. The van der Waals surface area contributed by atoms with Gasteiger partial charge >= 0.3 is 0 Å². The zero-order chi connectivity index (χ0) is 25.8. The molecular formula is C28H43N5O3. The summed E-state index contributed by atoms with van der Waals surface area (Å²) in [6.07, 6.45) is 7.17. The van der Waals surface area contributed by atoms with E-state index in [9.17, 15) is 4.79 Å². The smallest absolute Gasteiger partial charge is 0.274 e. The predicted octanol–water partition coefficient (Wildman–Crippen LogP) is 4.98. The Balaban J connectivity index is 1.72. The van der Waals surface area contributed by atoms with E-state index in [-0.39, 0.29) is 29.8 Å². The zero-order valence-corrected chi connectivity index (χ0v) is 22.7. The fourth-order valence-electron chi connectivity index (χ4n) is 5.55. The lowest BCUT2D eigenvalue weighted by atomic mass is 9.92. The van der Waals surface area contributed by atoms with Gasteiger partial charge in [-0.3, -0.25) is 4.79 Å². The van der Waals surface area contributed by atoms with Gasteiger partial charge in [0, 0.05) is 45.1 Å². The number of ether oxygens (including phenoxy) is 2. The largest absolute Gasteiger partial charge is 0.381 e. The average molecular weight is 498 g/mol. The first-order chi connectivity index (χ1) is 17.3. The second-order valence-electron chi connectivity index (χ2n) is 10.8. The molecule has 1 unspecified atom stereocenters. The molecule has 2 N–H and O–H groups in total. The molecule has 1 aliphatic carbocycles. The summed E-state index contributed by atoms with van der Waals surface area (Å²) in [6, 6.07) is 8.87. The number of methoxy groups -OCH3 is 2. The van der Waals surface area contributed by atoms with E-state index in [1.54, 1.807) is 14.2 Å². The van der Waals surface area contributed by atoms with Crippen molar-refractivity contribution in [2.45, 2.75) is 96.2 Å². The molecule has 2 aromatic rings. The first-order valence-electron chi connectivity index (χ1n) is 13.4. The molecule has 8 nitrogen and oxygen atoms in total. The lowest BCUT2D eigenvalue weighted by molar-refractivity contribution is 0.0580. The monoisotopic (exact) mass is 497 g/mol. The highest BCUT2D eigenvalue weighted by Gasteiger charge is 2.35. The molecule has 0 spiro atoms. The third kappa shape index (κ3) is 6.03. The molecule has 2 atom stereocenters. The van der Waals surface area contributed by atoms with Gasteiger partial charge in [0.25, 0.3) is 5.56 Å². The molecule has 3 heterocycles. The van der Waals surface area contributed by atoms with E-state index >= 15 is 0 Å². The summed E-state index contributed by atoms with van der Waals surface area (Å²) in [5.74, 6) is 1.78. The van der Waals surface area contributed by atoms with Crippen LogP contribution in [0.2, 0.25) is 0 Å². The van der Waals surface area contributed by atoms with Crippen LogP contribution in [0.1, 0.15) is 77.4 Å². The van der Waals surface area contributed by atoms with Crippen molar-refractivity contribution in [2.24, 2.45) is 0 Å². The van der Waals surface area contributed by atoms with Crippen LogP contribution in [0.3, 0.4) is 0 Å². The number of anilines is 3. The molecule has 4 rings (SSSR count). The Bertz CT molecular complexity index is 1060. The molecule has 0 bridgehead atoms. The van der Waals surface area contributed by atoms with Crippen molar-refractivity contribution in [3.05, 3.63) is 46.4 Å². The second kappa shape index (κ2) is 11.6. The van der Waals surface area contributed by atoms with E-state index in [1.807, 2.05) is 22.8 Å². The van der Waals surface area contributed by atoms with Gasteiger partial charge in [-0.1, -0.05) is 6.07 Å².